The summed E-state index contributed by atoms with van der Waals surface area (Å²) < 4.78 is 5.00. The molecule has 1 aliphatic rings. The molecule has 18 heavy (non-hydrogen) atoms. The maximum Gasteiger partial charge on any atom is 0.124 e. The molecule has 1 atom stereocenters. The van der Waals surface area contributed by atoms with Crippen molar-refractivity contribution in [3.8, 4) is 0 Å². The Balaban J connectivity index is 1.85. The zero-order valence-corrected chi connectivity index (χ0v) is 11.9. The van der Waals surface area contributed by atoms with Gasteiger partial charge in [-0.3, -0.25) is 4.90 Å². The lowest BCUT2D eigenvalue weighted by Gasteiger charge is -2.30. The van der Waals surface area contributed by atoms with Crippen LogP contribution < -0.4 is 5.32 Å². The lowest BCUT2D eigenvalue weighted by Crippen LogP contribution is -2.33. The molecule has 0 spiro atoms. The maximum atomic E-state index is 5.00. The van der Waals surface area contributed by atoms with Gasteiger partial charge in [-0.15, -0.1) is 0 Å². The topological polar surface area (TPSA) is 53.2 Å². The van der Waals surface area contributed by atoms with Crippen molar-refractivity contribution in [2.75, 3.05) is 45.4 Å². The van der Waals surface area contributed by atoms with E-state index in [4.69, 9.17) is 4.74 Å². The van der Waals surface area contributed by atoms with Crippen molar-refractivity contribution < 1.29 is 4.74 Å². The van der Waals surface area contributed by atoms with E-state index in [0.29, 0.717) is 6.04 Å². The zero-order chi connectivity index (χ0) is 12.8. The van der Waals surface area contributed by atoms with Gasteiger partial charge in [0.05, 0.1) is 12.6 Å². The molecule has 1 unspecified atom stereocenters. The van der Waals surface area contributed by atoms with Crippen molar-refractivity contribution in [1.82, 2.24) is 20.2 Å². The highest BCUT2D eigenvalue weighted by Gasteiger charge is 2.23. The van der Waals surface area contributed by atoms with Gasteiger partial charge < -0.3 is 15.0 Å². The van der Waals surface area contributed by atoms with E-state index in [1.807, 2.05) is 18.0 Å². The summed E-state index contributed by atoms with van der Waals surface area (Å²) in [5, 5.41) is 3.32. The third-order valence-electron chi connectivity index (χ3n) is 3.16. The molecule has 1 aromatic rings. The van der Waals surface area contributed by atoms with E-state index >= 15 is 0 Å². The standard InChI is InChI=1S/C12H22N4OS/c1-16-4-6-18-9-11(16)12-14-8-10(15-12)7-13-3-5-17-2/h8,11,13H,3-7,9H2,1-2H3,(H,14,15). The van der Waals surface area contributed by atoms with Crippen LogP contribution >= 0.6 is 11.8 Å². The molecule has 1 fully saturated rings. The number of ether oxygens (including phenoxy) is 1. The fraction of sp³-hybridized carbons (Fsp3) is 0.750. The number of methoxy groups -OCH3 is 1. The average Bonchev–Trinajstić information content (AvgIpc) is 2.84. The minimum absolute atomic E-state index is 0.427. The number of nitrogens with zero attached hydrogens (tertiary/aromatic N) is 2. The number of aromatic amines is 1. The summed E-state index contributed by atoms with van der Waals surface area (Å²) in [6.07, 6.45) is 1.93. The fourth-order valence-electron chi connectivity index (χ4n) is 2.01. The number of rotatable bonds is 6. The van der Waals surface area contributed by atoms with Crippen molar-refractivity contribution in [1.29, 1.82) is 0 Å². The van der Waals surface area contributed by atoms with Gasteiger partial charge >= 0.3 is 0 Å². The molecular weight excluding hydrogens is 248 g/mol. The predicted molar refractivity (Wildman–Crippen MR) is 74.9 cm³/mol. The van der Waals surface area contributed by atoms with Gasteiger partial charge in [0.2, 0.25) is 0 Å². The van der Waals surface area contributed by atoms with E-state index in [0.717, 1.165) is 43.5 Å². The van der Waals surface area contributed by atoms with Gasteiger partial charge in [0.1, 0.15) is 5.82 Å². The molecule has 2 rings (SSSR count). The van der Waals surface area contributed by atoms with Crippen LogP contribution in [0.4, 0.5) is 0 Å². The van der Waals surface area contributed by atoms with Crippen molar-refractivity contribution in [2.24, 2.45) is 0 Å². The van der Waals surface area contributed by atoms with Crippen LogP contribution in [0.15, 0.2) is 6.20 Å². The van der Waals surface area contributed by atoms with Crippen LogP contribution in [0.5, 0.6) is 0 Å². The van der Waals surface area contributed by atoms with Crippen LogP contribution in [0.1, 0.15) is 17.6 Å². The number of thioether (sulfide) groups is 1. The fourth-order valence-corrected chi connectivity index (χ4v) is 3.23. The number of hydrogen-bond donors (Lipinski definition) is 2. The minimum Gasteiger partial charge on any atom is -0.383 e. The van der Waals surface area contributed by atoms with Gasteiger partial charge in [0.15, 0.2) is 0 Å². The molecule has 0 aromatic carbocycles. The molecule has 0 aliphatic carbocycles. The molecule has 0 bridgehead atoms. The van der Waals surface area contributed by atoms with E-state index in [9.17, 15) is 0 Å². The van der Waals surface area contributed by atoms with Crippen LogP contribution in [0.3, 0.4) is 0 Å². The quantitative estimate of drug-likeness (QED) is 0.751. The second-order valence-electron chi connectivity index (χ2n) is 4.53. The summed E-state index contributed by atoms with van der Waals surface area (Å²) in [5.41, 5.74) is 1.14. The van der Waals surface area contributed by atoms with Crippen LogP contribution in [0, 0.1) is 0 Å². The van der Waals surface area contributed by atoms with E-state index in [1.165, 1.54) is 5.75 Å². The van der Waals surface area contributed by atoms with Crippen molar-refractivity contribution in [3.05, 3.63) is 17.7 Å². The first-order valence-corrected chi connectivity index (χ1v) is 7.48. The first-order chi connectivity index (χ1) is 8.81. The van der Waals surface area contributed by atoms with Crippen LogP contribution in [-0.2, 0) is 11.3 Å². The minimum atomic E-state index is 0.427. The van der Waals surface area contributed by atoms with E-state index in [2.05, 4.69) is 27.2 Å². The Kier molecular flexibility index (Phi) is 5.49. The molecule has 0 amide bonds. The van der Waals surface area contributed by atoms with Crippen LogP contribution in [-0.4, -0.2) is 60.2 Å². The molecule has 102 valence electrons. The molecular formula is C12H22N4OS. The zero-order valence-electron chi connectivity index (χ0n) is 11.1. The van der Waals surface area contributed by atoms with Gasteiger partial charge in [-0.2, -0.15) is 11.8 Å². The van der Waals surface area contributed by atoms with E-state index in [-0.39, 0.29) is 0 Å². The number of H-pyrrole nitrogens is 1. The van der Waals surface area contributed by atoms with Crippen molar-refractivity contribution in [3.63, 3.8) is 0 Å². The Bertz CT molecular complexity index is 358. The molecule has 1 aromatic heterocycles. The maximum absolute atomic E-state index is 5.00. The second kappa shape index (κ2) is 7.13. The van der Waals surface area contributed by atoms with Crippen LogP contribution in [0.2, 0.25) is 0 Å². The van der Waals surface area contributed by atoms with Crippen molar-refractivity contribution >= 4 is 11.8 Å². The normalized spacial score (nSPS) is 21.3. The SMILES string of the molecule is COCCNCc1cnc(C2CSCCN2C)[nH]1. The monoisotopic (exact) mass is 270 g/mol. The van der Waals surface area contributed by atoms with Crippen molar-refractivity contribution in [2.45, 2.75) is 12.6 Å². The molecule has 6 heteroatoms. The van der Waals surface area contributed by atoms with Crippen LogP contribution in [0.25, 0.3) is 0 Å². The van der Waals surface area contributed by atoms with E-state index < -0.39 is 0 Å². The average molecular weight is 270 g/mol. The number of hydrogen-bond acceptors (Lipinski definition) is 5. The summed E-state index contributed by atoms with van der Waals surface area (Å²) in [6.45, 7) is 3.56. The Morgan fingerprint density at radius 1 is 1.67 bits per heavy atom. The molecule has 2 heterocycles. The predicted octanol–water partition coefficient (Wildman–Crippen LogP) is 0.865. The first-order valence-electron chi connectivity index (χ1n) is 6.32. The Morgan fingerprint density at radius 2 is 2.56 bits per heavy atom. The highest BCUT2D eigenvalue weighted by atomic mass is 32.2. The summed E-state index contributed by atoms with van der Waals surface area (Å²) in [5.74, 6) is 3.44. The van der Waals surface area contributed by atoms with Gasteiger partial charge in [-0.05, 0) is 7.05 Å². The third kappa shape index (κ3) is 3.71. The first kappa shape index (κ1) is 13.9. The molecule has 5 nitrogen and oxygen atoms in total. The lowest BCUT2D eigenvalue weighted by atomic mass is 10.3. The number of imidazole rings is 1. The number of nitrogens with one attached hydrogen (secondary N) is 2. The molecule has 0 saturated carbocycles. The highest BCUT2D eigenvalue weighted by molar-refractivity contribution is 7.99. The summed E-state index contributed by atoms with van der Waals surface area (Å²) in [4.78, 5) is 10.3. The largest absolute Gasteiger partial charge is 0.383 e. The second-order valence-corrected chi connectivity index (χ2v) is 5.68. The summed E-state index contributed by atoms with van der Waals surface area (Å²) in [6, 6.07) is 0.427. The van der Waals surface area contributed by atoms with Gasteiger partial charge in [0, 0.05) is 50.1 Å². The number of aromatic nitrogens is 2. The Morgan fingerprint density at radius 3 is 3.33 bits per heavy atom. The molecule has 1 aliphatic heterocycles. The summed E-state index contributed by atoms with van der Waals surface area (Å²) >= 11 is 2.00. The lowest BCUT2D eigenvalue weighted by molar-refractivity contribution is 0.199. The van der Waals surface area contributed by atoms with E-state index in [1.54, 1.807) is 7.11 Å². The molecule has 1 saturated heterocycles. The Hall–Kier alpha value is -0.560. The molecule has 2 N–H and O–H groups in total. The van der Waals surface area contributed by atoms with Gasteiger partial charge in [0.25, 0.3) is 0 Å². The highest BCUT2D eigenvalue weighted by Crippen LogP contribution is 2.25. The Labute approximate surface area is 113 Å². The summed E-state index contributed by atoms with van der Waals surface area (Å²) in [7, 11) is 3.88. The smallest absolute Gasteiger partial charge is 0.124 e. The van der Waals surface area contributed by atoms with Gasteiger partial charge in [-0.1, -0.05) is 0 Å². The third-order valence-corrected chi connectivity index (χ3v) is 4.18. The molecule has 0 radical (unpaired) electrons. The van der Waals surface area contributed by atoms with Gasteiger partial charge in [-0.25, -0.2) is 4.98 Å².